The Morgan fingerprint density at radius 1 is 1.32 bits per heavy atom. The molecule has 1 aromatic carbocycles. The number of hydrogen-bond acceptors (Lipinski definition) is 3. The van der Waals surface area contributed by atoms with Crippen LogP contribution >= 0.6 is 0 Å². The lowest BCUT2D eigenvalue weighted by Gasteiger charge is -2.45. The fourth-order valence-electron chi connectivity index (χ4n) is 3.71. The summed E-state index contributed by atoms with van der Waals surface area (Å²) in [6.07, 6.45) is 5.97. The maximum Gasteiger partial charge on any atom is 0.0991 e. The van der Waals surface area contributed by atoms with Gasteiger partial charge in [-0.3, -0.25) is 0 Å². The molecule has 0 aromatic heterocycles. The van der Waals surface area contributed by atoms with Crippen LogP contribution < -0.4 is 5.32 Å². The lowest BCUT2D eigenvalue weighted by molar-refractivity contribution is -0.0302. The van der Waals surface area contributed by atoms with Crippen LogP contribution in [0.2, 0.25) is 0 Å². The fraction of sp³-hybridized carbons (Fsp3) is 0.562. The normalized spacial score (nSPS) is 33.7. The summed E-state index contributed by atoms with van der Waals surface area (Å²) in [4.78, 5) is 0. The maximum absolute atomic E-state index is 10.9. The lowest BCUT2D eigenvalue weighted by atomic mass is 9.74. The molecule has 1 aromatic rings. The van der Waals surface area contributed by atoms with Gasteiger partial charge in [0.15, 0.2) is 0 Å². The molecule has 3 nitrogen and oxygen atoms in total. The standard InChI is InChI=1S/C16H20N2O/c17-11-13-4-1-3-12(7-13)8-16(19)9-14-5-2-6-15(10-16)18-14/h1,3-4,7,14-15,18-19H,2,5-6,8-10H2. The predicted molar refractivity (Wildman–Crippen MR) is 73.6 cm³/mol. The highest BCUT2D eigenvalue weighted by Crippen LogP contribution is 2.34. The van der Waals surface area contributed by atoms with Gasteiger partial charge in [-0.1, -0.05) is 18.6 Å². The molecule has 19 heavy (non-hydrogen) atoms. The summed E-state index contributed by atoms with van der Waals surface area (Å²) in [5, 5.41) is 23.4. The Labute approximate surface area is 114 Å². The van der Waals surface area contributed by atoms with Crippen LogP contribution in [0.4, 0.5) is 0 Å². The van der Waals surface area contributed by atoms with Crippen molar-refractivity contribution in [3.05, 3.63) is 35.4 Å². The first-order chi connectivity index (χ1) is 9.17. The van der Waals surface area contributed by atoms with Crippen molar-refractivity contribution in [3.8, 4) is 6.07 Å². The Bertz CT molecular complexity index is 494. The second-order valence-electron chi connectivity index (χ2n) is 6.11. The number of rotatable bonds is 2. The second-order valence-corrected chi connectivity index (χ2v) is 6.11. The molecule has 0 saturated carbocycles. The quantitative estimate of drug-likeness (QED) is 0.852. The highest BCUT2D eigenvalue weighted by atomic mass is 16.3. The molecule has 0 amide bonds. The molecular weight excluding hydrogens is 236 g/mol. The van der Waals surface area contributed by atoms with Gasteiger partial charge in [0, 0.05) is 18.5 Å². The zero-order chi connectivity index (χ0) is 13.3. The average Bonchev–Trinajstić information content (AvgIpc) is 2.37. The van der Waals surface area contributed by atoms with Crippen molar-refractivity contribution in [2.24, 2.45) is 0 Å². The molecule has 2 atom stereocenters. The van der Waals surface area contributed by atoms with Gasteiger partial charge in [-0.25, -0.2) is 0 Å². The first-order valence-corrected chi connectivity index (χ1v) is 7.14. The second kappa shape index (κ2) is 4.96. The fourth-order valence-corrected chi connectivity index (χ4v) is 3.71. The van der Waals surface area contributed by atoms with E-state index in [0.717, 1.165) is 18.4 Å². The van der Waals surface area contributed by atoms with Gasteiger partial charge in [0.2, 0.25) is 0 Å². The molecule has 3 heteroatoms. The molecule has 2 N–H and O–H groups in total. The van der Waals surface area contributed by atoms with Gasteiger partial charge in [-0.15, -0.1) is 0 Å². The number of hydrogen-bond donors (Lipinski definition) is 2. The Morgan fingerprint density at radius 2 is 2.05 bits per heavy atom. The Hall–Kier alpha value is -1.37. The maximum atomic E-state index is 10.9. The van der Waals surface area contributed by atoms with Crippen LogP contribution in [0, 0.1) is 11.3 Å². The topological polar surface area (TPSA) is 56.0 Å². The van der Waals surface area contributed by atoms with Crippen LogP contribution in [0.5, 0.6) is 0 Å². The number of fused-ring (bicyclic) bond motifs is 2. The molecule has 0 spiro atoms. The van der Waals surface area contributed by atoms with Crippen LogP contribution in [0.25, 0.3) is 0 Å². The predicted octanol–water partition coefficient (Wildman–Crippen LogP) is 2.14. The van der Waals surface area contributed by atoms with Crippen LogP contribution in [0.15, 0.2) is 24.3 Å². The van der Waals surface area contributed by atoms with E-state index < -0.39 is 5.60 Å². The average molecular weight is 256 g/mol. The summed E-state index contributed by atoms with van der Waals surface area (Å²) in [5.74, 6) is 0. The molecule has 2 saturated heterocycles. The monoisotopic (exact) mass is 256 g/mol. The third-order valence-electron chi connectivity index (χ3n) is 4.42. The summed E-state index contributed by atoms with van der Waals surface area (Å²) in [5.41, 5.74) is 1.14. The van der Waals surface area contributed by atoms with Crippen molar-refractivity contribution in [2.75, 3.05) is 0 Å². The molecule has 0 aliphatic carbocycles. The zero-order valence-corrected chi connectivity index (χ0v) is 11.1. The van der Waals surface area contributed by atoms with Gasteiger partial charge in [-0.2, -0.15) is 5.26 Å². The van der Waals surface area contributed by atoms with Gasteiger partial charge < -0.3 is 10.4 Å². The number of nitrogens with one attached hydrogen (secondary N) is 1. The summed E-state index contributed by atoms with van der Waals surface area (Å²) >= 11 is 0. The minimum absolute atomic E-state index is 0.469. The molecule has 3 rings (SSSR count). The third kappa shape index (κ3) is 2.80. The van der Waals surface area contributed by atoms with Crippen molar-refractivity contribution < 1.29 is 5.11 Å². The largest absolute Gasteiger partial charge is 0.389 e. The number of aliphatic hydroxyl groups is 1. The highest BCUT2D eigenvalue weighted by Gasteiger charge is 2.40. The summed E-state index contributed by atoms with van der Waals surface area (Å²) in [6, 6.07) is 10.7. The summed E-state index contributed by atoms with van der Waals surface area (Å²) < 4.78 is 0. The van der Waals surface area contributed by atoms with E-state index in [9.17, 15) is 5.11 Å². The Kier molecular flexibility index (Phi) is 3.30. The van der Waals surface area contributed by atoms with Gasteiger partial charge in [0.05, 0.1) is 17.2 Å². The van der Waals surface area contributed by atoms with Crippen LogP contribution in [0.3, 0.4) is 0 Å². The van der Waals surface area contributed by atoms with Gasteiger partial charge in [0.25, 0.3) is 0 Å². The molecule has 2 unspecified atom stereocenters. The SMILES string of the molecule is N#Cc1cccc(CC2(O)CC3CCCC(C2)N3)c1. The number of nitriles is 1. The molecule has 2 fully saturated rings. The molecule has 2 aliphatic rings. The van der Waals surface area contributed by atoms with Crippen molar-refractivity contribution in [1.82, 2.24) is 5.32 Å². The molecule has 100 valence electrons. The number of piperidine rings is 2. The van der Waals surface area contributed by atoms with E-state index in [-0.39, 0.29) is 0 Å². The first kappa shape index (κ1) is 12.7. The van der Waals surface area contributed by atoms with Crippen LogP contribution in [0.1, 0.15) is 43.2 Å². The minimum atomic E-state index is -0.602. The molecule has 0 radical (unpaired) electrons. The van der Waals surface area contributed by atoms with E-state index >= 15 is 0 Å². The number of nitrogens with zero attached hydrogens (tertiary/aromatic N) is 1. The first-order valence-electron chi connectivity index (χ1n) is 7.14. The van der Waals surface area contributed by atoms with E-state index in [1.54, 1.807) is 0 Å². The highest BCUT2D eigenvalue weighted by molar-refractivity contribution is 5.33. The summed E-state index contributed by atoms with van der Waals surface area (Å²) in [6.45, 7) is 0. The van der Waals surface area contributed by atoms with E-state index in [1.165, 1.54) is 19.3 Å². The molecule has 2 heterocycles. The van der Waals surface area contributed by atoms with Crippen LogP contribution in [-0.4, -0.2) is 22.8 Å². The van der Waals surface area contributed by atoms with Crippen molar-refractivity contribution >= 4 is 0 Å². The van der Waals surface area contributed by atoms with Gasteiger partial charge in [0.1, 0.15) is 0 Å². The minimum Gasteiger partial charge on any atom is -0.389 e. The van der Waals surface area contributed by atoms with E-state index in [0.29, 0.717) is 24.1 Å². The smallest absolute Gasteiger partial charge is 0.0991 e. The summed E-state index contributed by atoms with van der Waals surface area (Å²) in [7, 11) is 0. The molecule has 2 aliphatic heterocycles. The molecule has 2 bridgehead atoms. The van der Waals surface area contributed by atoms with E-state index in [2.05, 4.69) is 11.4 Å². The van der Waals surface area contributed by atoms with Crippen molar-refractivity contribution in [2.45, 2.75) is 56.2 Å². The Balaban J connectivity index is 1.76. The van der Waals surface area contributed by atoms with Gasteiger partial charge in [-0.05, 0) is 43.4 Å². The zero-order valence-electron chi connectivity index (χ0n) is 11.1. The van der Waals surface area contributed by atoms with Gasteiger partial charge >= 0.3 is 0 Å². The van der Waals surface area contributed by atoms with E-state index in [4.69, 9.17) is 5.26 Å². The third-order valence-corrected chi connectivity index (χ3v) is 4.42. The van der Waals surface area contributed by atoms with Crippen molar-refractivity contribution in [3.63, 3.8) is 0 Å². The Morgan fingerprint density at radius 3 is 2.74 bits per heavy atom. The number of benzene rings is 1. The van der Waals surface area contributed by atoms with Crippen molar-refractivity contribution in [1.29, 1.82) is 5.26 Å². The van der Waals surface area contributed by atoms with Crippen LogP contribution in [-0.2, 0) is 6.42 Å². The van der Waals surface area contributed by atoms with E-state index in [1.807, 2.05) is 24.3 Å². The molecular formula is C16H20N2O. The lowest BCUT2D eigenvalue weighted by Crippen LogP contribution is -2.56.